The average Bonchev–Trinajstić information content (AvgIpc) is 2.94. The molecule has 18 heavy (non-hydrogen) atoms. The van der Waals surface area contributed by atoms with Crippen molar-refractivity contribution in [1.82, 2.24) is 10.3 Å². The average molecular weight is 244 g/mol. The number of pyridine rings is 1. The molecule has 1 atom stereocenters. The van der Waals surface area contributed by atoms with Crippen LogP contribution in [0.15, 0.2) is 18.3 Å². The van der Waals surface area contributed by atoms with Crippen molar-refractivity contribution < 1.29 is 9.90 Å². The minimum Gasteiger partial charge on any atom is -0.384 e. The first-order chi connectivity index (χ1) is 8.54. The van der Waals surface area contributed by atoms with E-state index in [0.29, 0.717) is 11.3 Å². The van der Waals surface area contributed by atoms with Crippen molar-refractivity contribution in [3.05, 3.63) is 29.6 Å². The van der Waals surface area contributed by atoms with Crippen LogP contribution < -0.4 is 5.32 Å². The molecule has 1 heterocycles. The number of hydrogen-bond acceptors (Lipinski definition) is 3. The summed E-state index contributed by atoms with van der Waals surface area (Å²) in [5.74, 6) is 5.06. The van der Waals surface area contributed by atoms with Gasteiger partial charge >= 0.3 is 0 Å². The van der Waals surface area contributed by atoms with Crippen molar-refractivity contribution in [2.75, 3.05) is 6.61 Å². The largest absolute Gasteiger partial charge is 0.384 e. The van der Waals surface area contributed by atoms with Gasteiger partial charge in [0.2, 0.25) is 0 Å². The van der Waals surface area contributed by atoms with Gasteiger partial charge in [-0.25, -0.2) is 4.98 Å². The summed E-state index contributed by atoms with van der Waals surface area (Å²) >= 11 is 0. The highest BCUT2D eigenvalue weighted by Gasteiger charge is 2.46. The van der Waals surface area contributed by atoms with E-state index in [1.54, 1.807) is 18.3 Å². The molecule has 2 N–H and O–H groups in total. The molecule has 0 bridgehead atoms. The predicted octanol–water partition coefficient (Wildman–Crippen LogP) is 0.954. The molecule has 2 rings (SSSR count). The summed E-state index contributed by atoms with van der Waals surface area (Å²) in [7, 11) is 0. The zero-order valence-electron chi connectivity index (χ0n) is 10.5. The van der Waals surface area contributed by atoms with Crippen molar-refractivity contribution in [3.8, 4) is 11.8 Å². The summed E-state index contributed by atoms with van der Waals surface area (Å²) in [5.41, 5.74) is 1.05. The SMILES string of the molecule is CC1(C)CC1NC(=O)c1ncccc1C#CCO. The van der Waals surface area contributed by atoms with Crippen LogP contribution in [0.2, 0.25) is 0 Å². The van der Waals surface area contributed by atoms with Crippen LogP contribution >= 0.6 is 0 Å². The molecule has 0 spiro atoms. The fourth-order valence-electron chi connectivity index (χ4n) is 1.76. The topological polar surface area (TPSA) is 62.2 Å². The highest BCUT2D eigenvalue weighted by molar-refractivity contribution is 5.95. The van der Waals surface area contributed by atoms with Crippen molar-refractivity contribution in [3.63, 3.8) is 0 Å². The third-order valence-electron chi connectivity index (χ3n) is 3.14. The van der Waals surface area contributed by atoms with E-state index >= 15 is 0 Å². The van der Waals surface area contributed by atoms with Gasteiger partial charge in [-0.3, -0.25) is 4.79 Å². The molecule has 1 unspecified atom stereocenters. The van der Waals surface area contributed by atoms with Crippen LogP contribution in [-0.4, -0.2) is 28.6 Å². The van der Waals surface area contributed by atoms with E-state index in [-0.39, 0.29) is 24.0 Å². The van der Waals surface area contributed by atoms with Gasteiger partial charge in [0, 0.05) is 12.2 Å². The van der Waals surface area contributed by atoms with E-state index in [2.05, 4.69) is 36.0 Å². The molecule has 0 aliphatic heterocycles. The number of aromatic nitrogens is 1. The lowest BCUT2D eigenvalue weighted by Gasteiger charge is -2.07. The maximum Gasteiger partial charge on any atom is 0.271 e. The summed E-state index contributed by atoms with van der Waals surface area (Å²) in [6.07, 6.45) is 2.56. The fraction of sp³-hybridized carbons (Fsp3) is 0.429. The van der Waals surface area contributed by atoms with Gasteiger partial charge in [0.1, 0.15) is 12.3 Å². The normalized spacial score (nSPS) is 19.6. The lowest BCUT2D eigenvalue weighted by atomic mass is 10.1. The minimum absolute atomic E-state index is 0.182. The zero-order chi connectivity index (χ0) is 13.2. The third kappa shape index (κ3) is 2.69. The van der Waals surface area contributed by atoms with Crippen LogP contribution in [-0.2, 0) is 0 Å². The molecule has 1 aromatic heterocycles. The number of nitrogens with one attached hydrogen (secondary N) is 1. The van der Waals surface area contributed by atoms with Gasteiger partial charge in [-0.15, -0.1) is 0 Å². The second-order valence-corrected chi connectivity index (χ2v) is 5.08. The van der Waals surface area contributed by atoms with Crippen LogP contribution in [0.1, 0.15) is 36.3 Å². The van der Waals surface area contributed by atoms with Crippen LogP contribution in [0, 0.1) is 17.3 Å². The van der Waals surface area contributed by atoms with Crippen molar-refractivity contribution >= 4 is 5.91 Å². The van der Waals surface area contributed by atoms with E-state index in [1.165, 1.54) is 0 Å². The van der Waals surface area contributed by atoms with E-state index in [0.717, 1.165) is 6.42 Å². The van der Waals surface area contributed by atoms with Gasteiger partial charge in [0.25, 0.3) is 5.91 Å². The molecule has 0 aromatic carbocycles. The Labute approximate surface area is 106 Å². The second-order valence-electron chi connectivity index (χ2n) is 5.08. The number of carbonyl (C=O) groups is 1. The predicted molar refractivity (Wildman–Crippen MR) is 67.9 cm³/mol. The van der Waals surface area contributed by atoms with Crippen LogP contribution in [0.3, 0.4) is 0 Å². The van der Waals surface area contributed by atoms with E-state index in [4.69, 9.17) is 5.11 Å². The molecule has 4 nitrogen and oxygen atoms in total. The van der Waals surface area contributed by atoms with E-state index < -0.39 is 0 Å². The molecule has 94 valence electrons. The van der Waals surface area contributed by atoms with Gasteiger partial charge < -0.3 is 10.4 Å². The minimum atomic E-state index is -0.231. The molecule has 1 aliphatic carbocycles. The van der Waals surface area contributed by atoms with E-state index in [1.807, 2.05) is 0 Å². The van der Waals surface area contributed by atoms with E-state index in [9.17, 15) is 4.79 Å². The van der Waals surface area contributed by atoms with Crippen LogP contribution in [0.5, 0.6) is 0 Å². The maximum absolute atomic E-state index is 12.1. The lowest BCUT2D eigenvalue weighted by molar-refractivity contribution is 0.0941. The quantitative estimate of drug-likeness (QED) is 0.761. The summed E-state index contributed by atoms with van der Waals surface area (Å²) < 4.78 is 0. The molecule has 0 saturated heterocycles. The van der Waals surface area contributed by atoms with Gasteiger partial charge in [-0.2, -0.15) is 0 Å². The number of rotatable bonds is 2. The Balaban J connectivity index is 2.15. The molecule has 0 radical (unpaired) electrons. The lowest BCUT2D eigenvalue weighted by Crippen LogP contribution is -2.29. The van der Waals surface area contributed by atoms with Crippen molar-refractivity contribution in [2.24, 2.45) is 5.41 Å². The first-order valence-corrected chi connectivity index (χ1v) is 5.90. The smallest absolute Gasteiger partial charge is 0.271 e. The Kier molecular flexibility index (Phi) is 3.35. The van der Waals surface area contributed by atoms with Crippen LogP contribution in [0.25, 0.3) is 0 Å². The molecule has 4 heteroatoms. The summed E-state index contributed by atoms with van der Waals surface area (Å²) in [6.45, 7) is 4.00. The second kappa shape index (κ2) is 4.79. The first kappa shape index (κ1) is 12.6. The Morgan fingerprint density at radius 3 is 3.00 bits per heavy atom. The molecular formula is C14H16N2O2. The molecule has 1 fully saturated rings. The highest BCUT2D eigenvalue weighted by atomic mass is 16.2. The molecular weight excluding hydrogens is 228 g/mol. The van der Waals surface area contributed by atoms with Gasteiger partial charge in [-0.05, 0) is 24.0 Å². The van der Waals surface area contributed by atoms with Crippen molar-refractivity contribution in [1.29, 1.82) is 0 Å². The van der Waals surface area contributed by atoms with Gasteiger partial charge in [0.05, 0.1) is 5.56 Å². The monoisotopic (exact) mass is 244 g/mol. The number of aliphatic hydroxyl groups excluding tert-OH is 1. The molecule has 1 aromatic rings. The molecule has 1 amide bonds. The Hall–Kier alpha value is -1.86. The number of amides is 1. The number of carbonyl (C=O) groups excluding carboxylic acids is 1. The summed E-state index contributed by atoms with van der Waals surface area (Å²) in [5, 5.41) is 11.6. The van der Waals surface area contributed by atoms with Gasteiger partial charge in [-0.1, -0.05) is 25.7 Å². The molecule has 1 aliphatic rings. The zero-order valence-corrected chi connectivity index (χ0v) is 10.5. The van der Waals surface area contributed by atoms with Gasteiger partial charge in [0.15, 0.2) is 0 Å². The first-order valence-electron chi connectivity index (χ1n) is 5.90. The number of aliphatic hydroxyl groups is 1. The third-order valence-corrected chi connectivity index (χ3v) is 3.14. The summed E-state index contributed by atoms with van der Waals surface area (Å²) in [4.78, 5) is 16.1. The fourth-order valence-corrected chi connectivity index (χ4v) is 1.76. The number of nitrogens with zero attached hydrogens (tertiary/aromatic N) is 1. The Morgan fingerprint density at radius 1 is 1.67 bits per heavy atom. The Bertz CT molecular complexity index is 526. The summed E-state index contributed by atoms with van der Waals surface area (Å²) in [6, 6.07) is 3.66. The standard InChI is InChI=1S/C14H16N2O2/c1-14(2)9-11(14)16-13(18)12-10(6-4-8-17)5-3-7-15-12/h3,5,7,11,17H,8-9H2,1-2H3,(H,16,18). The van der Waals surface area contributed by atoms with Crippen molar-refractivity contribution in [2.45, 2.75) is 26.3 Å². The maximum atomic E-state index is 12.1. The number of hydrogen-bond donors (Lipinski definition) is 2. The highest BCUT2D eigenvalue weighted by Crippen LogP contribution is 2.44. The molecule has 1 saturated carbocycles. The Morgan fingerprint density at radius 2 is 2.39 bits per heavy atom. The van der Waals surface area contributed by atoms with Crippen LogP contribution in [0.4, 0.5) is 0 Å².